The summed E-state index contributed by atoms with van der Waals surface area (Å²) in [4.78, 5) is 28.4. The van der Waals surface area contributed by atoms with Gasteiger partial charge in [0.25, 0.3) is 5.91 Å². The molecular weight excluding hydrogens is 510 g/mol. The molecule has 212 valence electrons. The molecule has 12 heteroatoms. The molecule has 2 aromatic rings. The van der Waals surface area contributed by atoms with Crippen LogP contribution in [0.25, 0.3) is 0 Å². The van der Waals surface area contributed by atoms with E-state index >= 15 is 0 Å². The van der Waals surface area contributed by atoms with Crippen molar-refractivity contribution in [2.24, 2.45) is 10.9 Å². The average Bonchev–Trinajstić information content (AvgIpc) is 2.95. The van der Waals surface area contributed by atoms with Crippen molar-refractivity contribution in [3.05, 3.63) is 47.2 Å². The summed E-state index contributed by atoms with van der Waals surface area (Å²) in [6.07, 6.45) is 5.87. The Morgan fingerprint density at radius 2 is 1.90 bits per heavy atom. The molecule has 0 bridgehead atoms. The maximum absolute atomic E-state index is 13.1. The summed E-state index contributed by atoms with van der Waals surface area (Å²) >= 11 is 0. The van der Waals surface area contributed by atoms with E-state index in [1.54, 1.807) is 6.21 Å². The molecule has 1 aliphatic heterocycles. The minimum atomic E-state index is -2.85. The maximum Gasteiger partial charge on any atom is 0.345 e. The van der Waals surface area contributed by atoms with E-state index in [0.717, 1.165) is 51.3 Å². The van der Waals surface area contributed by atoms with Crippen molar-refractivity contribution in [3.8, 4) is 0 Å². The van der Waals surface area contributed by atoms with Crippen LogP contribution in [0.2, 0.25) is 0 Å². The van der Waals surface area contributed by atoms with Gasteiger partial charge < -0.3 is 25.2 Å². The Balaban J connectivity index is 1.38. The van der Waals surface area contributed by atoms with Crippen LogP contribution < -0.4 is 10.6 Å². The molecule has 1 aromatic carbocycles. The molecule has 2 aliphatic rings. The molecule has 3 N–H and O–H groups in total. The molecule has 0 atom stereocenters. The van der Waals surface area contributed by atoms with Gasteiger partial charge in [-0.15, -0.1) is 0 Å². The van der Waals surface area contributed by atoms with Gasteiger partial charge in [0.05, 0.1) is 25.9 Å². The van der Waals surface area contributed by atoms with E-state index in [1.807, 2.05) is 12.1 Å². The van der Waals surface area contributed by atoms with Crippen molar-refractivity contribution in [3.63, 3.8) is 0 Å². The smallest absolute Gasteiger partial charge is 0.345 e. The highest BCUT2D eigenvalue weighted by Gasteiger charge is 2.19. The molecule has 1 saturated carbocycles. The number of alkyl halides is 2. The zero-order chi connectivity index (χ0) is 27.5. The first kappa shape index (κ1) is 28.9. The lowest BCUT2D eigenvalue weighted by Crippen LogP contribution is -2.35. The van der Waals surface area contributed by atoms with Crippen LogP contribution in [0.4, 0.5) is 20.5 Å². The van der Waals surface area contributed by atoms with E-state index in [1.165, 1.54) is 11.8 Å². The maximum atomic E-state index is 13.1. The molecule has 39 heavy (non-hydrogen) atoms. The predicted octanol–water partition coefficient (Wildman–Crippen LogP) is 3.14. The van der Waals surface area contributed by atoms with Crippen LogP contribution in [0, 0.1) is 5.92 Å². The third-order valence-electron chi connectivity index (χ3n) is 6.78. The summed E-state index contributed by atoms with van der Waals surface area (Å²) < 4.78 is 34.1. The summed E-state index contributed by atoms with van der Waals surface area (Å²) in [5, 5.41) is 15.5. The molecule has 2 fully saturated rings. The lowest BCUT2D eigenvalue weighted by molar-refractivity contribution is -0.125. The number of hydrogen-bond acceptors (Lipinski definition) is 9. The number of ether oxygens (including phenoxy) is 2. The molecule has 1 aromatic heterocycles. The zero-order valence-electron chi connectivity index (χ0n) is 21.9. The molecule has 1 saturated heterocycles. The summed E-state index contributed by atoms with van der Waals surface area (Å²) in [7, 11) is 0. The standard InChI is InChI=1S/C27H36F2N6O4/c28-26(29)39-12-9-30-27-33-17-23(24(34-27)31-15-20-5-7-22(36)8-6-20)25(37)32-16-19-1-3-21(4-2-19)18-35-10-13-38-14-11-35/h1-4,15,17,20,22,26,36H,5-14,16,18H2,(H,32,37)(H,30,33,34). The summed E-state index contributed by atoms with van der Waals surface area (Å²) in [5.41, 5.74) is 2.37. The number of carbonyl (C=O) groups excluding carboxylic acids is 1. The van der Waals surface area contributed by atoms with Crippen LogP contribution in [-0.4, -0.2) is 84.3 Å². The van der Waals surface area contributed by atoms with E-state index in [-0.39, 0.29) is 48.4 Å². The zero-order valence-corrected chi connectivity index (χ0v) is 21.9. The van der Waals surface area contributed by atoms with Crippen molar-refractivity contribution in [2.45, 2.75) is 51.5 Å². The van der Waals surface area contributed by atoms with Crippen molar-refractivity contribution in [1.29, 1.82) is 0 Å². The molecule has 10 nitrogen and oxygen atoms in total. The Morgan fingerprint density at radius 1 is 1.18 bits per heavy atom. The minimum absolute atomic E-state index is 0.0705. The molecule has 2 heterocycles. The van der Waals surface area contributed by atoms with Crippen LogP contribution >= 0.6 is 0 Å². The number of nitrogens with zero attached hydrogens (tertiary/aromatic N) is 4. The van der Waals surface area contributed by atoms with Gasteiger partial charge in [-0.25, -0.2) is 9.98 Å². The number of amides is 1. The van der Waals surface area contributed by atoms with E-state index in [0.29, 0.717) is 19.4 Å². The van der Waals surface area contributed by atoms with Crippen LogP contribution in [0.1, 0.15) is 47.2 Å². The monoisotopic (exact) mass is 546 g/mol. The summed E-state index contributed by atoms with van der Waals surface area (Å²) in [6, 6.07) is 8.12. The first-order valence-corrected chi connectivity index (χ1v) is 13.4. The van der Waals surface area contributed by atoms with Gasteiger partial charge in [0.1, 0.15) is 5.56 Å². The van der Waals surface area contributed by atoms with Gasteiger partial charge in [-0.3, -0.25) is 9.69 Å². The van der Waals surface area contributed by atoms with Crippen molar-refractivity contribution in [2.75, 3.05) is 44.8 Å². The SMILES string of the molecule is O=C(NCc1ccc(CN2CCOCC2)cc1)c1cnc(NCCOC(F)F)nc1N=CC1CCC(O)CC1. The number of morpholine rings is 1. The predicted molar refractivity (Wildman–Crippen MR) is 142 cm³/mol. The van der Waals surface area contributed by atoms with Crippen molar-refractivity contribution >= 4 is 23.9 Å². The van der Waals surface area contributed by atoms with Crippen LogP contribution in [0.3, 0.4) is 0 Å². The third-order valence-corrected chi connectivity index (χ3v) is 6.78. The molecule has 0 spiro atoms. The first-order valence-electron chi connectivity index (χ1n) is 13.4. The lowest BCUT2D eigenvalue weighted by atomic mass is 9.88. The highest BCUT2D eigenvalue weighted by atomic mass is 19.3. The molecule has 1 aliphatic carbocycles. The van der Waals surface area contributed by atoms with Crippen LogP contribution in [-0.2, 0) is 22.6 Å². The quantitative estimate of drug-likeness (QED) is 0.274. The number of hydrogen-bond donors (Lipinski definition) is 3. The Hall–Kier alpha value is -3.06. The van der Waals surface area contributed by atoms with Gasteiger partial charge in [-0.2, -0.15) is 13.8 Å². The van der Waals surface area contributed by atoms with E-state index in [9.17, 15) is 18.7 Å². The second-order valence-electron chi connectivity index (χ2n) is 9.72. The molecule has 1 amide bonds. The van der Waals surface area contributed by atoms with Gasteiger partial charge in [-0.05, 0) is 42.7 Å². The number of halogens is 2. The van der Waals surface area contributed by atoms with E-state index in [2.05, 4.69) is 47.4 Å². The number of rotatable bonds is 12. The third kappa shape index (κ3) is 9.57. The number of aliphatic imine (C=N–C) groups is 1. The van der Waals surface area contributed by atoms with E-state index in [4.69, 9.17) is 4.74 Å². The average molecular weight is 547 g/mol. The second kappa shape index (κ2) is 14.9. The molecular formula is C27H36F2N6O4. The summed E-state index contributed by atoms with van der Waals surface area (Å²) in [5.74, 6) is 0.149. The number of aliphatic hydroxyl groups is 1. The number of benzene rings is 1. The highest BCUT2D eigenvalue weighted by Crippen LogP contribution is 2.24. The van der Waals surface area contributed by atoms with Gasteiger partial charge >= 0.3 is 6.61 Å². The second-order valence-corrected chi connectivity index (χ2v) is 9.72. The van der Waals surface area contributed by atoms with E-state index < -0.39 is 6.61 Å². The van der Waals surface area contributed by atoms with Crippen LogP contribution in [0.5, 0.6) is 0 Å². The van der Waals surface area contributed by atoms with Crippen molar-refractivity contribution in [1.82, 2.24) is 20.2 Å². The Bertz CT molecular complexity index is 1070. The fraction of sp³-hybridized carbons (Fsp3) is 0.556. The Morgan fingerprint density at radius 3 is 2.62 bits per heavy atom. The largest absolute Gasteiger partial charge is 0.393 e. The first-order chi connectivity index (χ1) is 19.0. The highest BCUT2D eigenvalue weighted by molar-refractivity contribution is 5.98. The topological polar surface area (TPSA) is 121 Å². The van der Waals surface area contributed by atoms with Gasteiger partial charge in [0.2, 0.25) is 5.95 Å². The number of aromatic nitrogens is 2. The van der Waals surface area contributed by atoms with Crippen molar-refractivity contribution < 1.29 is 28.2 Å². The fourth-order valence-corrected chi connectivity index (χ4v) is 4.51. The molecule has 0 radical (unpaired) electrons. The fourth-order valence-electron chi connectivity index (χ4n) is 4.51. The molecule has 4 rings (SSSR count). The van der Waals surface area contributed by atoms with Gasteiger partial charge in [0, 0.05) is 45.1 Å². The normalized spacial score (nSPS) is 20.4. The van der Waals surface area contributed by atoms with Gasteiger partial charge in [0.15, 0.2) is 5.82 Å². The Kier molecular flexibility index (Phi) is 11.1. The minimum Gasteiger partial charge on any atom is -0.393 e. The lowest BCUT2D eigenvalue weighted by Gasteiger charge is -2.26. The molecule has 0 unspecified atom stereocenters. The Labute approximate surface area is 226 Å². The van der Waals surface area contributed by atoms with Crippen LogP contribution in [0.15, 0.2) is 35.5 Å². The number of nitrogens with one attached hydrogen (secondary N) is 2. The number of carbonyl (C=O) groups is 1. The summed E-state index contributed by atoms with van der Waals surface area (Å²) in [6.45, 7) is 1.54. The van der Waals surface area contributed by atoms with Gasteiger partial charge in [-0.1, -0.05) is 24.3 Å². The number of aliphatic hydroxyl groups excluding tert-OH is 1. The number of anilines is 1.